The maximum atomic E-state index is 13.4. The van der Waals surface area contributed by atoms with Crippen molar-refractivity contribution in [2.75, 3.05) is 25.5 Å². The van der Waals surface area contributed by atoms with E-state index in [1.54, 1.807) is 23.1 Å². The SMILES string of the molecule is CNCCNC(=O)c1ccc2c(c1)CN(C(=O)c1cc3c(NC4CCCC4)n[nH]c3cc1O)C2. The number of phenolic OH excluding ortho intramolecular Hbond substituents is 1. The molecule has 178 valence electrons. The van der Waals surface area contributed by atoms with Crippen LogP contribution in [-0.2, 0) is 13.1 Å². The van der Waals surface area contributed by atoms with Gasteiger partial charge in [0.25, 0.3) is 11.8 Å². The van der Waals surface area contributed by atoms with Crippen LogP contribution in [0.2, 0.25) is 0 Å². The number of fused-ring (bicyclic) bond motifs is 2. The highest BCUT2D eigenvalue weighted by Crippen LogP contribution is 2.33. The monoisotopic (exact) mass is 462 g/mol. The van der Waals surface area contributed by atoms with Gasteiger partial charge in [-0.05, 0) is 49.2 Å². The van der Waals surface area contributed by atoms with Crippen molar-refractivity contribution in [3.8, 4) is 5.75 Å². The van der Waals surface area contributed by atoms with Gasteiger partial charge in [-0.15, -0.1) is 0 Å². The number of hydrogen-bond donors (Lipinski definition) is 5. The predicted molar refractivity (Wildman–Crippen MR) is 130 cm³/mol. The number of H-pyrrole nitrogens is 1. The van der Waals surface area contributed by atoms with E-state index in [0.29, 0.717) is 43.3 Å². The molecule has 9 heteroatoms. The lowest BCUT2D eigenvalue weighted by Gasteiger charge is -2.17. The summed E-state index contributed by atoms with van der Waals surface area (Å²) in [7, 11) is 1.84. The zero-order chi connectivity index (χ0) is 23.7. The van der Waals surface area contributed by atoms with E-state index in [0.717, 1.165) is 35.2 Å². The first-order chi connectivity index (χ1) is 16.5. The van der Waals surface area contributed by atoms with Crippen LogP contribution in [0.3, 0.4) is 0 Å². The molecule has 0 unspecified atom stereocenters. The molecule has 0 bridgehead atoms. The largest absolute Gasteiger partial charge is 0.507 e. The third-order valence-corrected chi connectivity index (χ3v) is 6.74. The van der Waals surface area contributed by atoms with Gasteiger partial charge in [-0.25, -0.2) is 0 Å². The van der Waals surface area contributed by atoms with Gasteiger partial charge in [-0.3, -0.25) is 14.7 Å². The first-order valence-corrected chi connectivity index (χ1v) is 11.8. The predicted octanol–water partition coefficient (Wildman–Crippen LogP) is 2.73. The van der Waals surface area contributed by atoms with Crippen LogP contribution in [0.1, 0.15) is 57.5 Å². The minimum atomic E-state index is -0.247. The van der Waals surface area contributed by atoms with Crippen LogP contribution in [0.15, 0.2) is 30.3 Å². The summed E-state index contributed by atoms with van der Waals surface area (Å²) in [5.41, 5.74) is 3.47. The number of likely N-dealkylation sites (N-methyl/N-ethyl adjacent to an activating group) is 1. The number of aromatic amines is 1. The molecule has 2 aliphatic rings. The molecule has 2 amide bonds. The molecule has 2 heterocycles. The fourth-order valence-corrected chi connectivity index (χ4v) is 4.85. The number of nitrogens with one attached hydrogen (secondary N) is 4. The van der Waals surface area contributed by atoms with Crippen molar-refractivity contribution >= 4 is 28.5 Å². The smallest absolute Gasteiger partial charge is 0.258 e. The summed E-state index contributed by atoms with van der Waals surface area (Å²) in [6.45, 7) is 2.07. The first kappa shape index (κ1) is 22.2. The van der Waals surface area contributed by atoms with Crippen LogP contribution in [0.5, 0.6) is 5.75 Å². The van der Waals surface area contributed by atoms with E-state index in [1.807, 2.05) is 19.2 Å². The van der Waals surface area contributed by atoms with Crippen LogP contribution in [0, 0.1) is 0 Å². The second-order valence-electron chi connectivity index (χ2n) is 9.12. The summed E-state index contributed by atoms with van der Waals surface area (Å²) < 4.78 is 0. The molecule has 1 fully saturated rings. The number of hydrogen-bond acceptors (Lipinski definition) is 6. The van der Waals surface area contributed by atoms with Gasteiger partial charge in [0.1, 0.15) is 5.75 Å². The molecule has 0 radical (unpaired) electrons. The number of rotatable bonds is 7. The molecule has 1 aliphatic carbocycles. The molecule has 3 aromatic rings. The van der Waals surface area contributed by atoms with Gasteiger partial charge in [0, 0.05) is 49.2 Å². The van der Waals surface area contributed by atoms with Crippen LogP contribution in [-0.4, -0.2) is 58.2 Å². The van der Waals surface area contributed by atoms with Crippen LogP contribution in [0.25, 0.3) is 10.9 Å². The lowest BCUT2D eigenvalue weighted by atomic mass is 10.1. The molecule has 9 nitrogen and oxygen atoms in total. The summed E-state index contributed by atoms with van der Waals surface area (Å²) in [6, 6.07) is 9.21. The number of nitrogens with zero attached hydrogens (tertiary/aromatic N) is 2. The lowest BCUT2D eigenvalue weighted by molar-refractivity contribution is 0.0748. The van der Waals surface area contributed by atoms with E-state index in [9.17, 15) is 14.7 Å². The third kappa shape index (κ3) is 4.31. The second-order valence-corrected chi connectivity index (χ2v) is 9.12. The molecule has 0 atom stereocenters. The van der Waals surface area contributed by atoms with Crippen LogP contribution in [0.4, 0.5) is 5.82 Å². The van der Waals surface area contributed by atoms with Gasteiger partial charge in [0.15, 0.2) is 5.82 Å². The Kier molecular flexibility index (Phi) is 6.10. The summed E-state index contributed by atoms with van der Waals surface area (Å²) >= 11 is 0. The molecule has 1 aromatic heterocycles. The molecule has 1 saturated carbocycles. The number of anilines is 1. The number of aromatic nitrogens is 2. The second kappa shape index (κ2) is 9.34. The van der Waals surface area contributed by atoms with Gasteiger partial charge in [-0.1, -0.05) is 18.9 Å². The number of phenols is 1. The van der Waals surface area contributed by atoms with Crippen LogP contribution >= 0.6 is 0 Å². The molecule has 0 saturated heterocycles. The Morgan fingerprint density at radius 1 is 1.12 bits per heavy atom. The summed E-state index contributed by atoms with van der Waals surface area (Å²) in [5, 5.41) is 28.1. The maximum Gasteiger partial charge on any atom is 0.258 e. The van der Waals surface area contributed by atoms with Gasteiger partial charge in [0.2, 0.25) is 0 Å². The lowest BCUT2D eigenvalue weighted by Crippen LogP contribution is -2.30. The van der Waals surface area contributed by atoms with Crippen molar-refractivity contribution in [2.45, 2.75) is 44.8 Å². The Morgan fingerprint density at radius 2 is 1.91 bits per heavy atom. The molecular weight excluding hydrogens is 432 g/mol. The van der Waals surface area contributed by atoms with E-state index < -0.39 is 0 Å². The number of aromatic hydroxyl groups is 1. The van der Waals surface area contributed by atoms with Crippen molar-refractivity contribution < 1.29 is 14.7 Å². The Morgan fingerprint density at radius 3 is 2.71 bits per heavy atom. The minimum Gasteiger partial charge on any atom is -0.507 e. The van der Waals surface area contributed by atoms with Gasteiger partial charge in [-0.2, -0.15) is 5.10 Å². The summed E-state index contributed by atoms with van der Waals surface area (Å²) in [4.78, 5) is 27.5. The Labute approximate surface area is 197 Å². The van der Waals surface area contributed by atoms with Gasteiger partial charge in [0.05, 0.1) is 11.1 Å². The van der Waals surface area contributed by atoms with Gasteiger partial charge < -0.3 is 26.0 Å². The molecule has 5 rings (SSSR count). The van der Waals surface area contributed by atoms with Crippen molar-refractivity contribution in [1.82, 2.24) is 25.7 Å². The van der Waals surface area contributed by atoms with Gasteiger partial charge >= 0.3 is 0 Å². The van der Waals surface area contributed by atoms with Crippen LogP contribution < -0.4 is 16.0 Å². The number of carbonyl (C=O) groups is 2. The highest BCUT2D eigenvalue weighted by molar-refractivity contribution is 6.03. The quantitative estimate of drug-likeness (QED) is 0.344. The van der Waals surface area contributed by atoms with E-state index in [4.69, 9.17) is 0 Å². The van der Waals surface area contributed by atoms with E-state index in [2.05, 4.69) is 26.1 Å². The molecule has 0 spiro atoms. The zero-order valence-corrected chi connectivity index (χ0v) is 19.3. The summed E-state index contributed by atoms with van der Waals surface area (Å²) in [6.07, 6.45) is 4.64. The van der Waals surface area contributed by atoms with Crippen molar-refractivity contribution in [1.29, 1.82) is 0 Å². The Bertz CT molecular complexity index is 1230. The minimum absolute atomic E-state index is 0.0749. The Hall–Kier alpha value is -3.59. The van der Waals surface area contributed by atoms with E-state index in [-0.39, 0.29) is 23.1 Å². The number of amides is 2. The van der Waals surface area contributed by atoms with Crippen molar-refractivity contribution in [3.63, 3.8) is 0 Å². The normalized spacial score (nSPS) is 15.6. The van der Waals surface area contributed by atoms with E-state index in [1.165, 1.54) is 12.8 Å². The Balaban J connectivity index is 1.34. The van der Waals surface area contributed by atoms with E-state index >= 15 is 0 Å². The molecule has 2 aromatic carbocycles. The fourth-order valence-electron chi connectivity index (χ4n) is 4.85. The maximum absolute atomic E-state index is 13.4. The highest BCUT2D eigenvalue weighted by atomic mass is 16.3. The van der Waals surface area contributed by atoms with Crippen molar-refractivity contribution in [2.24, 2.45) is 0 Å². The highest BCUT2D eigenvalue weighted by Gasteiger charge is 2.28. The average Bonchev–Trinajstić information content (AvgIpc) is 3.58. The van der Waals surface area contributed by atoms with Crippen molar-refractivity contribution in [3.05, 3.63) is 52.6 Å². The molecule has 34 heavy (non-hydrogen) atoms. The standard InChI is InChI=1S/C25H30N6O3/c1-26-8-9-27-24(33)15-6-7-16-13-31(14-17(16)10-15)25(34)20-11-19-21(12-22(20)32)29-30-23(19)28-18-4-2-3-5-18/h6-7,10-12,18,26,32H,2-5,8-9,13-14H2,1H3,(H,27,33)(H2,28,29,30). The first-order valence-electron chi connectivity index (χ1n) is 11.8. The molecule has 1 aliphatic heterocycles. The zero-order valence-electron chi connectivity index (χ0n) is 19.3. The topological polar surface area (TPSA) is 122 Å². The average molecular weight is 463 g/mol. The summed E-state index contributed by atoms with van der Waals surface area (Å²) in [5.74, 6) is 0.264. The third-order valence-electron chi connectivity index (χ3n) is 6.74. The fraction of sp³-hybridized carbons (Fsp3) is 0.400. The molecular formula is C25H30N6O3. The molecule has 5 N–H and O–H groups in total. The number of benzene rings is 2. The number of carbonyl (C=O) groups excluding carboxylic acids is 2.